The highest BCUT2D eigenvalue weighted by Gasteiger charge is 2.27. The summed E-state index contributed by atoms with van der Waals surface area (Å²) in [7, 11) is 1.44. The lowest BCUT2D eigenvalue weighted by atomic mass is 10.1. The number of nitrogens with zero attached hydrogens (tertiary/aromatic N) is 1. The van der Waals surface area contributed by atoms with Crippen LogP contribution in [0.1, 0.15) is 258 Å². The molecule has 0 aromatic heterocycles. The predicted molar refractivity (Wildman–Crippen MR) is 371 cm³/mol. The van der Waals surface area contributed by atoms with Crippen molar-refractivity contribution in [3.63, 3.8) is 0 Å². The van der Waals surface area contributed by atoms with Crippen molar-refractivity contribution in [1.29, 1.82) is 0 Å². The zero-order valence-electron chi connectivity index (χ0n) is 55.5. The van der Waals surface area contributed by atoms with E-state index >= 15 is 0 Å². The molecule has 0 spiro atoms. The van der Waals surface area contributed by atoms with Gasteiger partial charge in [-0.1, -0.05) is 275 Å². The number of unbranched alkanes of at least 4 members (excludes halogenated alkanes) is 21. The number of hydrogen-bond donors (Lipinski definition) is 1. The van der Waals surface area contributed by atoms with E-state index in [9.17, 15) is 19.0 Å². The molecule has 0 rings (SSSR count). The van der Waals surface area contributed by atoms with Crippen molar-refractivity contribution in [2.45, 2.75) is 264 Å². The van der Waals surface area contributed by atoms with E-state index in [1.165, 1.54) is 77.0 Å². The van der Waals surface area contributed by atoms with E-state index in [0.717, 1.165) is 148 Å². The quantitative estimate of drug-likeness (QED) is 0.0211. The van der Waals surface area contributed by atoms with Crippen LogP contribution in [0.25, 0.3) is 0 Å². The first-order valence-electron chi connectivity index (χ1n) is 34.2. The Kier molecular flexibility index (Phi) is 61.8. The van der Waals surface area contributed by atoms with Crippen LogP contribution in [0.4, 0.5) is 0 Å². The third-order valence-corrected chi connectivity index (χ3v) is 15.0. The summed E-state index contributed by atoms with van der Waals surface area (Å²) in [5, 5.41) is 0. The number of esters is 2. The lowest BCUT2D eigenvalue weighted by Crippen LogP contribution is -2.37. The molecule has 10 heteroatoms. The summed E-state index contributed by atoms with van der Waals surface area (Å²) in [5.41, 5.74) is 0. The van der Waals surface area contributed by atoms with Gasteiger partial charge in [-0.25, -0.2) is 4.57 Å². The summed E-state index contributed by atoms with van der Waals surface area (Å²) in [6.07, 6.45) is 97.6. The zero-order valence-corrected chi connectivity index (χ0v) is 56.4. The van der Waals surface area contributed by atoms with Crippen LogP contribution in [-0.2, 0) is 32.7 Å². The number of rotatable bonds is 61. The van der Waals surface area contributed by atoms with E-state index in [2.05, 4.69) is 172 Å². The van der Waals surface area contributed by atoms with E-state index in [4.69, 9.17) is 18.5 Å². The van der Waals surface area contributed by atoms with Gasteiger partial charge in [-0.05, 0) is 128 Å². The smallest absolute Gasteiger partial charge is 0.462 e. The molecular formula is C76H127NO8P+. The largest absolute Gasteiger partial charge is 0.472 e. The van der Waals surface area contributed by atoms with Gasteiger partial charge in [0.2, 0.25) is 0 Å². The van der Waals surface area contributed by atoms with Gasteiger partial charge in [0, 0.05) is 12.8 Å². The number of allylic oxidation sites excluding steroid dienone is 26. The van der Waals surface area contributed by atoms with E-state index in [-0.39, 0.29) is 32.0 Å². The van der Waals surface area contributed by atoms with Crippen molar-refractivity contribution < 1.29 is 42.1 Å². The van der Waals surface area contributed by atoms with Crippen molar-refractivity contribution in [1.82, 2.24) is 0 Å². The van der Waals surface area contributed by atoms with Gasteiger partial charge in [0.15, 0.2) is 6.10 Å². The molecule has 1 N–H and O–H groups in total. The van der Waals surface area contributed by atoms with Crippen molar-refractivity contribution >= 4 is 19.8 Å². The molecule has 0 bridgehead atoms. The number of hydrogen-bond acceptors (Lipinski definition) is 7. The SMILES string of the molecule is CC/C=C\C/C=C\C/C=C\C/C=C\C/C=C\C/C=C\C/C=C\C/C=C\C/C=C\C/C=C\CCCCCCCCC(=O)OC(COC(=O)CCCCCCCCCCCC/C=C\C/C=C\C/C=C\CCCCCCC)COP(=O)(O)OCC[N+](C)(C)C. The molecule has 0 radical (unpaired) electrons. The van der Waals surface area contributed by atoms with E-state index in [1.54, 1.807) is 0 Å². The Balaban J connectivity index is 4.18. The summed E-state index contributed by atoms with van der Waals surface area (Å²) >= 11 is 0. The van der Waals surface area contributed by atoms with Crippen LogP contribution < -0.4 is 0 Å². The highest BCUT2D eigenvalue weighted by molar-refractivity contribution is 7.47. The molecule has 0 heterocycles. The Labute approximate surface area is 528 Å². The summed E-state index contributed by atoms with van der Waals surface area (Å²) in [6, 6.07) is 0. The second kappa shape index (κ2) is 65.1. The summed E-state index contributed by atoms with van der Waals surface area (Å²) in [5.74, 6) is -0.827. The number of carbonyl (C=O) groups excluding carboxylic acids is 2. The highest BCUT2D eigenvalue weighted by atomic mass is 31.2. The van der Waals surface area contributed by atoms with Gasteiger partial charge in [0.05, 0.1) is 27.7 Å². The first kappa shape index (κ1) is 81.6. The fourth-order valence-corrected chi connectivity index (χ4v) is 9.56. The second-order valence-corrected chi connectivity index (χ2v) is 24.9. The van der Waals surface area contributed by atoms with Gasteiger partial charge >= 0.3 is 19.8 Å². The molecule has 2 atom stereocenters. The molecule has 86 heavy (non-hydrogen) atoms. The maximum Gasteiger partial charge on any atom is 0.472 e. The van der Waals surface area contributed by atoms with Crippen molar-refractivity contribution in [3.8, 4) is 0 Å². The molecule has 0 fully saturated rings. The first-order valence-corrected chi connectivity index (χ1v) is 35.7. The number of carbonyl (C=O) groups is 2. The van der Waals surface area contributed by atoms with Crippen LogP contribution in [0, 0.1) is 0 Å². The highest BCUT2D eigenvalue weighted by Crippen LogP contribution is 2.43. The maximum absolute atomic E-state index is 12.9. The fraction of sp³-hybridized carbons (Fsp3) is 0.632. The van der Waals surface area contributed by atoms with Gasteiger partial charge in [-0.15, -0.1) is 0 Å². The zero-order chi connectivity index (χ0) is 62.6. The van der Waals surface area contributed by atoms with Crippen molar-refractivity contribution in [2.75, 3.05) is 47.5 Å². The molecule has 0 amide bonds. The summed E-state index contributed by atoms with van der Waals surface area (Å²) in [4.78, 5) is 35.8. The lowest BCUT2D eigenvalue weighted by molar-refractivity contribution is -0.870. The molecule has 488 valence electrons. The minimum atomic E-state index is -4.41. The standard InChI is InChI=1S/C76H126NO8P/c1-6-8-10-12-14-16-18-20-22-24-26-28-30-32-33-34-35-36-37-38-39-40-41-42-43-45-47-49-51-53-55-57-59-61-63-65-67-69-76(79)85-74(73-84-86(80,81)83-71-70-77(3,4)5)72-82-75(78)68-66-64-62-60-58-56-54-52-50-48-46-44-31-29-27-25-23-21-19-17-15-13-11-9-7-2/h8,10,14,16,19-22,25-28,31-33,35-36,38-39,41-42,44-45,47,51,53,74H,6-7,9,11-13,15,17-18,23-24,29-30,34,37,40,43,46,48-50,52,54-73H2,1-5H3/p+1/b10-8-,16-14-,21-19-,22-20-,27-25-,28-26-,33-32-,36-35-,39-38-,42-41-,44-31-,47-45-,53-51-. The fourth-order valence-electron chi connectivity index (χ4n) is 8.82. The maximum atomic E-state index is 12.9. The van der Waals surface area contributed by atoms with Crippen LogP contribution in [0.2, 0.25) is 0 Å². The third kappa shape index (κ3) is 68.7. The third-order valence-electron chi connectivity index (χ3n) is 14.0. The van der Waals surface area contributed by atoms with Crippen LogP contribution in [0.5, 0.6) is 0 Å². The van der Waals surface area contributed by atoms with Gasteiger partial charge in [0.1, 0.15) is 19.8 Å². The molecule has 2 unspecified atom stereocenters. The van der Waals surface area contributed by atoms with Gasteiger partial charge in [-0.2, -0.15) is 0 Å². The number of phosphoric ester groups is 1. The second-order valence-electron chi connectivity index (χ2n) is 23.5. The number of ether oxygens (including phenoxy) is 2. The number of phosphoric acid groups is 1. The van der Waals surface area contributed by atoms with Crippen LogP contribution in [0.3, 0.4) is 0 Å². The average molecular weight is 1210 g/mol. The van der Waals surface area contributed by atoms with Crippen molar-refractivity contribution in [3.05, 3.63) is 158 Å². The predicted octanol–water partition coefficient (Wildman–Crippen LogP) is 22.4. The monoisotopic (exact) mass is 1210 g/mol. The topological polar surface area (TPSA) is 108 Å². The van der Waals surface area contributed by atoms with E-state index in [0.29, 0.717) is 17.4 Å². The van der Waals surface area contributed by atoms with Crippen LogP contribution in [-0.4, -0.2) is 74.9 Å². The molecular weight excluding hydrogens is 1090 g/mol. The van der Waals surface area contributed by atoms with Gasteiger partial charge < -0.3 is 18.9 Å². The van der Waals surface area contributed by atoms with Crippen LogP contribution in [0.15, 0.2) is 158 Å². The van der Waals surface area contributed by atoms with Crippen molar-refractivity contribution in [2.24, 2.45) is 0 Å². The summed E-state index contributed by atoms with van der Waals surface area (Å²) in [6.45, 7) is 4.28. The molecule has 0 aliphatic heterocycles. The number of likely N-dealkylation sites (N-methyl/N-ethyl adjacent to an activating group) is 1. The van der Waals surface area contributed by atoms with E-state index < -0.39 is 26.5 Å². The molecule has 9 nitrogen and oxygen atoms in total. The molecule has 0 saturated heterocycles. The van der Waals surface area contributed by atoms with Crippen LogP contribution >= 0.6 is 7.82 Å². The Morgan fingerprint density at radius 3 is 0.988 bits per heavy atom. The van der Waals surface area contributed by atoms with E-state index in [1.807, 2.05) is 21.1 Å². The number of quaternary nitrogens is 1. The Morgan fingerprint density at radius 1 is 0.372 bits per heavy atom. The Bertz CT molecular complexity index is 2010. The van der Waals surface area contributed by atoms with Gasteiger partial charge in [0.25, 0.3) is 0 Å². The Hall–Kier alpha value is -4.37. The normalized spacial score (nSPS) is 14.2. The Morgan fingerprint density at radius 2 is 0.663 bits per heavy atom. The minimum Gasteiger partial charge on any atom is -0.462 e. The molecule has 0 aromatic rings. The summed E-state index contributed by atoms with van der Waals surface area (Å²) < 4.78 is 34.7. The lowest BCUT2D eigenvalue weighted by Gasteiger charge is -2.24. The molecule has 0 saturated carbocycles. The molecule has 0 aliphatic rings. The van der Waals surface area contributed by atoms with Gasteiger partial charge in [-0.3, -0.25) is 18.6 Å². The minimum absolute atomic E-state index is 0.0195. The average Bonchev–Trinajstić information content (AvgIpc) is 3.67. The first-order chi connectivity index (χ1) is 42.0. The molecule has 0 aliphatic carbocycles. The molecule has 0 aromatic carbocycles.